The predicted molar refractivity (Wildman–Crippen MR) is 50.7 cm³/mol. The van der Waals surface area contributed by atoms with Crippen molar-refractivity contribution in [2.45, 2.75) is 0 Å². The molecule has 0 aliphatic heterocycles. The molecular formula is C8H10N4O. The van der Waals surface area contributed by atoms with Gasteiger partial charge in [0.1, 0.15) is 5.84 Å². The number of hydrogen-bond donors (Lipinski definition) is 4. The molecule has 13 heavy (non-hydrogen) atoms. The molecule has 0 saturated heterocycles. The highest BCUT2D eigenvalue weighted by atomic mass is 16.2. The molecule has 0 spiro atoms. The van der Waals surface area contributed by atoms with Gasteiger partial charge < -0.3 is 16.8 Å². The van der Waals surface area contributed by atoms with Crippen molar-refractivity contribution in [2.24, 2.45) is 11.5 Å². The van der Waals surface area contributed by atoms with E-state index in [1.54, 1.807) is 24.3 Å². The molecule has 6 N–H and O–H groups in total. The van der Waals surface area contributed by atoms with E-state index in [1.807, 2.05) is 0 Å². The quantitative estimate of drug-likeness (QED) is 0.390. The van der Waals surface area contributed by atoms with Gasteiger partial charge in [-0.25, -0.2) is 4.79 Å². The number of rotatable bonds is 2. The first-order chi connectivity index (χ1) is 6.11. The molecule has 2 amide bonds. The first kappa shape index (κ1) is 9.05. The minimum atomic E-state index is -0.672. The molecule has 0 saturated carbocycles. The number of hydrogen-bond acceptors (Lipinski definition) is 2. The summed E-state index contributed by atoms with van der Waals surface area (Å²) in [6.07, 6.45) is 0. The summed E-state index contributed by atoms with van der Waals surface area (Å²) in [7, 11) is 0. The van der Waals surface area contributed by atoms with Crippen molar-refractivity contribution in [3.8, 4) is 0 Å². The number of anilines is 1. The monoisotopic (exact) mass is 178 g/mol. The molecule has 0 unspecified atom stereocenters. The molecule has 0 radical (unpaired) electrons. The number of carbonyl (C=O) groups excluding carboxylic acids is 1. The summed E-state index contributed by atoms with van der Waals surface area (Å²) in [5, 5.41) is 9.58. The number of nitrogens with two attached hydrogens (primary N) is 2. The van der Waals surface area contributed by atoms with E-state index in [2.05, 4.69) is 5.32 Å². The number of nitrogens with one attached hydrogen (secondary N) is 2. The lowest BCUT2D eigenvalue weighted by Gasteiger charge is -2.06. The van der Waals surface area contributed by atoms with E-state index in [1.165, 1.54) is 0 Å². The van der Waals surface area contributed by atoms with Crippen molar-refractivity contribution in [3.63, 3.8) is 0 Å². The highest BCUT2D eigenvalue weighted by Crippen LogP contribution is 2.13. The number of amidine groups is 1. The summed E-state index contributed by atoms with van der Waals surface area (Å²) >= 11 is 0. The number of benzene rings is 1. The predicted octanol–water partition coefficient (Wildman–Crippen LogP) is 0.461. The Hall–Kier alpha value is -2.04. The molecule has 0 aliphatic rings. The summed E-state index contributed by atoms with van der Waals surface area (Å²) < 4.78 is 0. The van der Waals surface area contributed by atoms with Crippen molar-refractivity contribution in [3.05, 3.63) is 29.8 Å². The number of urea groups is 1. The SMILES string of the molecule is N=C(N)c1ccccc1NC(N)=O. The van der Waals surface area contributed by atoms with Gasteiger partial charge in [0.25, 0.3) is 0 Å². The Morgan fingerprint density at radius 1 is 1.31 bits per heavy atom. The number of primary amides is 1. The smallest absolute Gasteiger partial charge is 0.316 e. The summed E-state index contributed by atoms with van der Waals surface area (Å²) in [5.41, 5.74) is 11.1. The second-order valence-corrected chi connectivity index (χ2v) is 2.45. The molecule has 0 aliphatic carbocycles. The zero-order chi connectivity index (χ0) is 9.84. The second-order valence-electron chi connectivity index (χ2n) is 2.45. The molecule has 1 aromatic rings. The van der Waals surface area contributed by atoms with Crippen LogP contribution in [0.1, 0.15) is 5.56 Å². The second kappa shape index (κ2) is 3.57. The first-order valence-corrected chi connectivity index (χ1v) is 3.61. The van der Waals surface area contributed by atoms with Crippen molar-refractivity contribution in [2.75, 3.05) is 5.32 Å². The van der Waals surface area contributed by atoms with Gasteiger partial charge >= 0.3 is 6.03 Å². The van der Waals surface area contributed by atoms with Crippen LogP contribution in [-0.4, -0.2) is 11.9 Å². The van der Waals surface area contributed by atoms with E-state index >= 15 is 0 Å². The van der Waals surface area contributed by atoms with Crippen molar-refractivity contribution in [1.82, 2.24) is 0 Å². The van der Waals surface area contributed by atoms with E-state index in [4.69, 9.17) is 16.9 Å². The Kier molecular flexibility index (Phi) is 2.49. The summed E-state index contributed by atoms with van der Waals surface area (Å²) in [6.45, 7) is 0. The van der Waals surface area contributed by atoms with Crippen LogP contribution in [0, 0.1) is 5.41 Å². The van der Waals surface area contributed by atoms with Crippen LogP contribution in [-0.2, 0) is 0 Å². The third kappa shape index (κ3) is 2.19. The summed E-state index contributed by atoms with van der Waals surface area (Å²) in [4.78, 5) is 10.5. The minimum Gasteiger partial charge on any atom is -0.384 e. The van der Waals surface area contributed by atoms with Gasteiger partial charge in [0, 0.05) is 5.56 Å². The van der Waals surface area contributed by atoms with Crippen molar-refractivity contribution in [1.29, 1.82) is 5.41 Å². The fourth-order valence-corrected chi connectivity index (χ4v) is 0.960. The third-order valence-corrected chi connectivity index (χ3v) is 1.48. The van der Waals surface area contributed by atoms with E-state index in [9.17, 15) is 4.79 Å². The number of para-hydroxylation sites is 1. The van der Waals surface area contributed by atoms with Gasteiger partial charge in [-0.2, -0.15) is 0 Å². The standard InChI is InChI=1S/C8H10N4O/c9-7(10)5-3-1-2-4-6(5)12-8(11)13/h1-4H,(H3,9,10)(H3,11,12,13). The normalized spacial score (nSPS) is 9.23. The fraction of sp³-hybridized carbons (Fsp3) is 0. The average molecular weight is 178 g/mol. The molecular weight excluding hydrogens is 168 g/mol. The van der Waals surface area contributed by atoms with Crippen LogP contribution in [0.2, 0.25) is 0 Å². The zero-order valence-electron chi connectivity index (χ0n) is 6.87. The number of amides is 2. The Labute approximate surface area is 75.2 Å². The van der Waals surface area contributed by atoms with Gasteiger partial charge in [0.05, 0.1) is 5.69 Å². The highest BCUT2D eigenvalue weighted by molar-refractivity contribution is 6.03. The molecule has 68 valence electrons. The number of carbonyl (C=O) groups is 1. The molecule has 0 fully saturated rings. The lowest BCUT2D eigenvalue weighted by Crippen LogP contribution is -2.22. The topological polar surface area (TPSA) is 105 Å². The maximum Gasteiger partial charge on any atom is 0.316 e. The van der Waals surface area contributed by atoms with E-state index in [-0.39, 0.29) is 5.84 Å². The molecule has 5 heteroatoms. The zero-order valence-corrected chi connectivity index (χ0v) is 6.87. The summed E-state index contributed by atoms with van der Waals surface area (Å²) in [6, 6.07) is 6.03. The van der Waals surface area contributed by atoms with E-state index in [0.717, 1.165) is 0 Å². The average Bonchev–Trinajstić information content (AvgIpc) is 2.03. The molecule has 5 nitrogen and oxygen atoms in total. The van der Waals surface area contributed by atoms with Gasteiger partial charge in [-0.15, -0.1) is 0 Å². The molecule has 0 heterocycles. The van der Waals surface area contributed by atoms with Crippen LogP contribution in [0.25, 0.3) is 0 Å². The molecule has 1 aromatic carbocycles. The van der Waals surface area contributed by atoms with Crippen LogP contribution in [0.15, 0.2) is 24.3 Å². The molecule has 1 rings (SSSR count). The Balaban J connectivity index is 3.04. The van der Waals surface area contributed by atoms with Crippen molar-refractivity contribution < 1.29 is 4.79 Å². The molecule has 0 atom stereocenters. The van der Waals surface area contributed by atoms with Crippen LogP contribution >= 0.6 is 0 Å². The Morgan fingerprint density at radius 2 is 1.92 bits per heavy atom. The van der Waals surface area contributed by atoms with Crippen LogP contribution in [0.5, 0.6) is 0 Å². The lowest BCUT2D eigenvalue weighted by atomic mass is 10.1. The van der Waals surface area contributed by atoms with Crippen molar-refractivity contribution >= 4 is 17.6 Å². The maximum atomic E-state index is 10.5. The molecule has 0 aromatic heterocycles. The van der Waals surface area contributed by atoms with Gasteiger partial charge in [-0.1, -0.05) is 12.1 Å². The third-order valence-electron chi connectivity index (χ3n) is 1.48. The Morgan fingerprint density at radius 3 is 2.46 bits per heavy atom. The first-order valence-electron chi connectivity index (χ1n) is 3.61. The van der Waals surface area contributed by atoms with Crippen LogP contribution < -0.4 is 16.8 Å². The maximum absolute atomic E-state index is 10.5. The Bertz CT molecular complexity index is 348. The van der Waals surface area contributed by atoms with Crippen LogP contribution in [0.3, 0.4) is 0 Å². The fourth-order valence-electron chi connectivity index (χ4n) is 0.960. The summed E-state index contributed by atoms with van der Waals surface area (Å²) in [5.74, 6) is -0.107. The van der Waals surface area contributed by atoms with Gasteiger partial charge in [0.15, 0.2) is 0 Å². The van der Waals surface area contributed by atoms with Gasteiger partial charge in [-0.3, -0.25) is 5.41 Å². The molecule has 0 bridgehead atoms. The van der Waals surface area contributed by atoms with Gasteiger partial charge in [0.2, 0.25) is 0 Å². The highest BCUT2D eigenvalue weighted by Gasteiger charge is 2.04. The van der Waals surface area contributed by atoms with E-state index < -0.39 is 6.03 Å². The van der Waals surface area contributed by atoms with Crippen LogP contribution in [0.4, 0.5) is 10.5 Å². The largest absolute Gasteiger partial charge is 0.384 e. The lowest BCUT2D eigenvalue weighted by molar-refractivity contribution is 0.259. The van der Waals surface area contributed by atoms with Gasteiger partial charge in [-0.05, 0) is 12.1 Å². The minimum absolute atomic E-state index is 0.107. The number of nitrogen functional groups attached to an aromatic ring is 1. The van der Waals surface area contributed by atoms with E-state index in [0.29, 0.717) is 11.3 Å².